The highest BCUT2D eigenvalue weighted by atomic mass is 32.1. The molecule has 2 aromatic rings. The highest BCUT2D eigenvalue weighted by Gasteiger charge is 2.27. The molecular weight excluding hydrogens is 258 g/mol. The Labute approximate surface area is 117 Å². The molecule has 3 rings (SSSR count). The van der Waals surface area contributed by atoms with Crippen LogP contribution in [0.15, 0.2) is 6.20 Å². The minimum atomic E-state index is 0.194. The average Bonchev–Trinajstić information content (AvgIpc) is 2.83. The molecule has 0 amide bonds. The van der Waals surface area contributed by atoms with Crippen LogP contribution in [0.2, 0.25) is 0 Å². The first-order chi connectivity index (χ1) is 9.07. The van der Waals surface area contributed by atoms with E-state index in [2.05, 4.69) is 41.7 Å². The molecule has 0 aromatic carbocycles. The van der Waals surface area contributed by atoms with Gasteiger partial charge in [-0.05, 0) is 33.6 Å². The van der Waals surface area contributed by atoms with Gasteiger partial charge in [0.2, 0.25) is 0 Å². The van der Waals surface area contributed by atoms with E-state index in [9.17, 15) is 0 Å². The Kier molecular flexibility index (Phi) is 3.37. The molecule has 0 atom stereocenters. The summed E-state index contributed by atoms with van der Waals surface area (Å²) in [5.41, 5.74) is 2.61. The number of imidazole rings is 1. The maximum absolute atomic E-state index is 5.44. The summed E-state index contributed by atoms with van der Waals surface area (Å²) in [5.74, 6) is 0. The van der Waals surface area contributed by atoms with Crippen LogP contribution in [0.1, 0.15) is 36.0 Å². The minimum absolute atomic E-state index is 0.194. The number of thiazole rings is 1. The predicted molar refractivity (Wildman–Crippen MR) is 77.8 cm³/mol. The number of nitrogens with zero attached hydrogens (tertiary/aromatic N) is 2. The summed E-state index contributed by atoms with van der Waals surface area (Å²) in [5, 5.41) is 3.71. The van der Waals surface area contributed by atoms with Crippen molar-refractivity contribution in [3.8, 4) is 0 Å². The minimum Gasteiger partial charge on any atom is -0.381 e. The normalized spacial score (nSPS) is 19.1. The van der Waals surface area contributed by atoms with Crippen molar-refractivity contribution in [1.29, 1.82) is 0 Å². The van der Waals surface area contributed by atoms with Gasteiger partial charge in [0.05, 0.1) is 11.4 Å². The summed E-state index contributed by atoms with van der Waals surface area (Å²) in [7, 11) is 0. The zero-order chi connectivity index (χ0) is 13.5. The third-order valence-electron chi connectivity index (χ3n) is 4.02. The van der Waals surface area contributed by atoms with Crippen LogP contribution in [0.25, 0.3) is 4.96 Å². The summed E-state index contributed by atoms with van der Waals surface area (Å²) in [6.45, 7) is 9.12. The Morgan fingerprint density at radius 2 is 2.16 bits per heavy atom. The van der Waals surface area contributed by atoms with Crippen molar-refractivity contribution in [2.75, 3.05) is 13.2 Å². The third-order valence-corrected chi connectivity index (χ3v) is 4.92. The Morgan fingerprint density at radius 3 is 2.89 bits per heavy atom. The van der Waals surface area contributed by atoms with Gasteiger partial charge in [0.25, 0.3) is 0 Å². The molecule has 0 bridgehead atoms. The van der Waals surface area contributed by atoms with Crippen molar-refractivity contribution in [3.05, 3.63) is 22.5 Å². The zero-order valence-corrected chi connectivity index (χ0v) is 12.6. The molecule has 0 saturated carbocycles. The number of rotatable bonds is 3. The number of hydrogen-bond donors (Lipinski definition) is 1. The van der Waals surface area contributed by atoms with Gasteiger partial charge in [-0.25, -0.2) is 4.98 Å². The molecule has 0 spiro atoms. The van der Waals surface area contributed by atoms with Gasteiger partial charge >= 0.3 is 0 Å². The monoisotopic (exact) mass is 279 g/mol. The topological polar surface area (TPSA) is 38.6 Å². The van der Waals surface area contributed by atoms with E-state index in [1.54, 1.807) is 11.3 Å². The largest absolute Gasteiger partial charge is 0.381 e. The molecule has 4 nitrogen and oxygen atoms in total. The smallest absolute Gasteiger partial charge is 0.194 e. The van der Waals surface area contributed by atoms with Crippen molar-refractivity contribution in [1.82, 2.24) is 14.7 Å². The van der Waals surface area contributed by atoms with E-state index >= 15 is 0 Å². The Bertz CT molecular complexity index is 581. The van der Waals surface area contributed by atoms with Crippen LogP contribution >= 0.6 is 11.3 Å². The molecule has 5 heteroatoms. The number of ether oxygens (including phenoxy) is 1. The molecule has 0 unspecified atom stereocenters. The Balaban J connectivity index is 1.79. The maximum Gasteiger partial charge on any atom is 0.194 e. The average molecular weight is 279 g/mol. The number of aromatic nitrogens is 2. The van der Waals surface area contributed by atoms with E-state index in [1.807, 2.05) is 0 Å². The van der Waals surface area contributed by atoms with Crippen molar-refractivity contribution in [2.24, 2.45) is 0 Å². The van der Waals surface area contributed by atoms with Gasteiger partial charge in [-0.15, -0.1) is 11.3 Å². The molecule has 2 aromatic heterocycles. The summed E-state index contributed by atoms with van der Waals surface area (Å²) in [4.78, 5) is 7.04. The van der Waals surface area contributed by atoms with Gasteiger partial charge in [0.1, 0.15) is 0 Å². The van der Waals surface area contributed by atoms with Gasteiger partial charge in [0.15, 0.2) is 4.96 Å². The molecule has 0 aliphatic carbocycles. The number of hydrogen-bond acceptors (Lipinski definition) is 4. The third kappa shape index (κ3) is 2.55. The first-order valence-electron chi connectivity index (χ1n) is 6.84. The molecule has 1 aliphatic heterocycles. The van der Waals surface area contributed by atoms with E-state index in [0.29, 0.717) is 0 Å². The van der Waals surface area contributed by atoms with Crippen LogP contribution in [0.3, 0.4) is 0 Å². The predicted octanol–water partition coefficient (Wildman–Crippen LogP) is 2.67. The first-order valence-corrected chi connectivity index (χ1v) is 7.66. The molecular formula is C14H21N3OS. The molecule has 1 N–H and O–H groups in total. The lowest BCUT2D eigenvalue weighted by molar-refractivity contribution is 0.0444. The second kappa shape index (κ2) is 4.89. The van der Waals surface area contributed by atoms with Gasteiger partial charge in [-0.1, -0.05) is 0 Å². The summed E-state index contributed by atoms with van der Waals surface area (Å²) in [6, 6.07) is 0. The molecule has 3 heterocycles. The number of fused-ring (bicyclic) bond motifs is 1. The standard InChI is InChI=1S/C14H21N3OS/c1-10-9-17-12(11(2)16-13(17)19-10)8-15-14(3)4-6-18-7-5-14/h9,15H,4-8H2,1-3H3. The summed E-state index contributed by atoms with van der Waals surface area (Å²) >= 11 is 1.75. The maximum atomic E-state index is 5.44. The lowest BCUT2D eigenvalue weighted by Gasteiger charge is -2.34. The lowest BCUT2D eigenvalue weighted by atomic mass is 9.92. The number of nitrogens with one attached hydrogen (secondary N) is 1. The van der Waals surface area contributed by atoms with E-state index in [0.717, 1.165) is 43.3 Å². The molecule has 19 heavy (non-hydrogen) atoms. The van der Waals surface area contributed by atoms with Crippen LogP contribution < -0.4 is 5.32 Å². The fraction of sp³-hybridized carbons (Fsp3) is 0.643. The quantitative estimate of drug-likeness (QED) is 0.939. The Morgan fingerprint density at radius 1 is 1.42 bits per heavy atom. The second-order valence-corrected chi connectivity index (χ2v) is 6.88. The van der Waals surface area contributed by atoms with Gasteiger partial charge in [0, 0.05) is 36.4 Å². The fourth-order valence-electron chi connectivity index (χ4n) is 2.62. The van der Waals surface area contributed by atoms with E-state index < -0.39 is 0 Å². The van der Waals surface area contributed by atoms with Gasteiger partial charge in [-0.2, -0.15) is 0 Å². The van der Waals surface area contributed by atoms with Gasteiger partial charge < -0.3 is 10.1 Å². The fourth-order valence-corrected chi connectivity index (χ4v) is 3.51. The summed E-state index contributed by atoms with van der Waals surface area (Å²) < 4.78 is 7.67. The van der Waals surface area contributed by atoms with E-state index in [1.165, 1.54) is 10.6 Å². The SMILES string of the molecule is Cc1cn2c(CNC3(C)CCOCC3)c(C)nc2s1. The highest BCUT2D eigenvalue weighted by Crippen LogP contribution is 2.23. The lowest BCUT2D eigenvalue weighted by Crippen LogP contribution is -2.46. The molecule has 0 radical (unpaired) electrons. The van der Waals surface area contributed by atoms with Crippen LogP contribution in [0.5, 0.6) is 0 Å². The summed E-state index contributed by atoms with van der Waals surface area (Å²) in [6.07, 6.45) is 4.34. The second-order valence-electron chi connectivity index (χ2n) is 5.66. The number of aryl methyl sites for hydroxylation is 2. The zero-order valence-electron chi connectivity index (χ0n) is 11.8. The van der Waals surface area contributed by atoms with Crippen LogP contribution in [0, 0.1) is 13.8 Å². The van der Waals surface area contributed by atoms with Crippen molar-refractivity contribution in [3.63, 3.8) is 0 Å². The van der Waals surface area contributed by atoms with Crippen LogP contribution in [0.4, 0.5) is 0 Å². The molecule has 1 saturated heterocycles. The van der Waals surface area contributed by atoms with Crippen molar-refractivity contribution >= 4 is 16.3 Å². The van der Waals surface area contributed by atoms with Crippen molar-refractivity contribution < 1.29 is 4.74 Å². The Hall–Kier alpha value is -0.910. The van der Waals surface area contributed by atoms with E-state index in [4.69, 9.17) is 4.74 Å². The molecule has 1 fully saturated rings. The first kappa shape index (κ1) is 13.1. The van der Waals surface area contributed by atoms with Crippen LogP contribution in [-0.2, 0) is 11.3 Å². The molecule has 104 valence electrons. The van der Waals surface area contributed by atoms with Crippen molar-refractivity contribution in [2.45, 2.75) is 45.7 Å². The van der Waals surface area contributed by atoms with E-state index in [-0.39, 0.29) is 5.54 Å². The van der Waals surface area contributed by atoms with Crippen LogP contribution in [-0.4, -0.2) is 28.1 Å². The highest BCUT2D eigenvalue weighted by molar-refractivity contribution is 7.17. The molecule has 1 aliphatic rings. The van der Waals surface area contributed by atoms with Gasteiger partial charge in [-0.3, -0.25) is 4.40 Å².